The molecule has 2 atom stereocenters. The third-order valence-electron chi connectivity index (χ3n) is 4.41. The molecule has 0 aliphatic carbocycles. The van der Waals surface area contributed by atoms with Gasteiger partial charge in [-0.3, -0.25) is 4.90 Å². The Morgan fingerprint density at radius 2 is 2.06 bits per heavy atom. The molecule has 1 N–H and O–H groups in total. The molecule has 3 nitrogen and oxygen atoms in total. The van der Waals surface area contributed by atoms with Crippen molar-refractivity contribution >= 4 is 0 Å². The quantitative estimate of drug-likeness (QED) is 0.706. The van der Waals surface area contributed by atoms with Gasteiger partial charge in [-0.15, -0.1) is 6.58 Å². The van der Waals surface area contributed by atoms with E-state index < -0.39 is 0 Å². The van der Waals surface area contributed by atoms with E-state index in [1.54, 1.807) is 0 Å². The Kier molecular flexibility index (Phi) is 6.33. The standard InChI is InChI=1S/C15H30N2O/c1-6-15(4,17-9-11-18-12-10-17)14(16-5)8-7-13(2)3/h14,16H,2,6-12H2,1,3-5H3. The van der Waals surface area contributed by atoms with Gasteiger partial charge in [0.1, 0.15) is 0 Å². The first-order valence-corrected chi connectivity index (χ1v) is 7.19. The van der Waals surface area contributed by atoms with Crippen LogP contribution in [0.5, 0.6) is 0 Å². The van der Waals surface area contributed by atoms with Crippen LogP contribution in [-0.2, 0) is 4.74 Å². The molecular weight excluding hydrogens is 224 g/mol. The molecule has 0 saturated carbocycles. The van der Waals surface area contributed by atoms with Crippen LogP contribution in [-0.4, -0.2) is 49.8 Å². The van der Waals surface area contributed by atoms with Crippen LogP contribution in [0.3, 0.4) is 0 Å². The Labute approximate surface area is 113 Å². The monoisotopic (exact) mass is 254 g/mol. The summed E-state index contributed by atoms with van der Waals surface area (Å²) >= 11 is 0. The van der Waals surface area contributed by atoms with Gasteiger partial charge < -0.3 is 10.1 Å². The summed E-state index contributed by atoms with van der Waals surface area (Å²) in [6.45, 7) is 14.7. The zero-order chi connectivity index (χ0) is 13.6. The van der Waals surface area contributed by atoms with E-state index in [1.807, 2.05) is 0 Å². The van der Waals surface area contributed by atoms with Gasteiger partial charge in [0, 0.05) is 24.7 Å². The third-order valence-corrected chi connectivity index (χ3v) is 4.41. The molecule has 1 rings (SSSR count). The largest absolute Gasteiger partial charge is 0.379 e. The van der Waals surface area contributed by atoms with Crippen LogP contribution in [0.4, 0.5) is 0 Å². The molecule has 2 unspecified atom stereocenters. The van der Waals surface area contributed by atoms with Crippen molar-refractivity contribution < 1.29 is 4.74 Å². The lowest BCUT2D eigenvalue weighted by Crippen LogP contribution is -2.61. The van der Waals surface area contributed by atoms with Gasteiger partial charge in [-0.1, -0.05) is 12.5 Å². The van der Waals surface area contributed by atoms with Gasteiger partial charge >= 0.3 is 0 Å². The highest BCUT2D eigenvalue weighted by molar-refractivity contribution is 4.99. The molecule has 0 radical (unpaired) electrons. The minimum Gasteiger partial charge on any atom is -0.379 e. The van der Waals surface area contributed by atoms with E-state index >= 15 is 0 Å². The maximum atomic E-state index is 5.47. The number of rotatable bonds is 7. The predicted octanol–water partition coefficient (Wildman–Crippen LogP) is 2.43. The molecule has 1 fully saturated rings. The Balaban J connectivity index is 2.71. The number of morpholine rings is 1. The van der Waals surface area contributed by atoms with Crippen LogP contribution >= 0.6 is 0 Å². The van der Waals surface area contributed by atoms with Crippen LogP contribution in [0.2, 0.25) is 0 Å². The normalized spacial score (nSPS) is 22.4. The first kappa shape index (κ1) is 15.7. The minimum atomic E-state index is 0.216. The minimum absolute atomic E-state index is 0.216. The number of allylic oxidation sites excluding steroid dienone is 1. The van der Waals surface area contributed by atoms with Crippen LogP contribution < -0.4 is 5.32 Å². The van der Waals surface area contributed by atoms with Gasteiger partial charge in [0.15, 0.2) is 0 Å². The van der Waals surface area contributed by atoms with Crippen molar-refractivity contribution in [3.8, 4) is 0 Å². The molecule has 0 aromatic heterocycles. The van der Waals surface area contributed by atoms with Crippen molar-refractivity contribution in [3.63, 3.8) is 0 Å². The van der Waals surface area contributed by atoms with E-state index in [2.05, 4.69) is 44.6 Å². The Morgan fingerprint density at radius 3 is 2.50 bits per heavy atom. The molecule has 3 heteroatoms. The molecule has 1 aliphatic heterocycles. The summed E-state index contributed by atoms with van der Waals surface area (Å²) in [7, 11) is 2.08. The van der Waals surface area contributed by atoms with Crippen molar-refractivity contribution in [2.24, 2.45) is 0 Å². The topological polar surface area (TPSA) is 24.5 Å². The molecule has 1 aliphatic rings. The molecule has 0 amide bonds. The second-order valence-corrected chi connectivity index (χ2v) is 5.65. The SMILES string of the molecule is C=C(C)CCC(NC)C(C)(CC)N1CCOCC1. The number of ether oxygens (including phenoxy) is 1. The molecule has 1 heterocycles. The average molecular weight is 254 g/mol. The number of likely N-dealkylation sites (N-methyl/N-ethyl adjacent to an activating group) is 1. The Morgan fingerprint density at radius 1 is 1.44 bits per heavy atom. The summed E-state index contributed by atoms with van der Waals surface area (Å²) in [5.74, 6) is 0. The smallest absolute Gasteiger partial charge is 0.0594 e. The van der Waals surface area contributed by atoms with Gasteiger partial charge in [0.25, 0.3) is 0 Å². The van der Waals surface area contributed by atoms with Crippen molar-refractivity contribution in [2.45, 2.75) is 51.6 Å². The first-order valence-electron chi connectivity index (χ1n) is 7.19. The van der Waals surface area contributed by atoms with Crippen molar-refractivity contribution in [1.82, 2.24) is 10.2 Å². The molecule has 1 saturated heterocycles. The summed E-state index contributed by atoms with van der Waals surface area (Å²) in [5, 5.41) is 3.52. The van der Waals surface area contributed by atoms with Gasteiger partial charge in [-0.25, -0.2) is 0 Å². The summed E-state index contributed by atoms with van der Waals surface area (Å²) in [6, 6.07) is 0.511. The first-order chi connectivity index (χ1) is 8.54. The molecule has 0 bridgehead atoms. The van der Waals surface area contributed by atoms with E-state index in [0.29, 0.717) is 6.04 Å². The van der Waals surface area contributed by atoms with Gasteiger partial charge in [-0.05, 0) is 40.2 Å². The highest BCUT2D eigenvalue weighted by Crippen LogP contribution is 2.28. The van der Waals surface area contributed by atoms with Crippen molar-refractivity contribution in [1.29, 1.82) is 0 Å². The number of hydrogen-bond donors (Lipinski definition) is 1. The van der Waals surface area contributed by atoms with Crippen LogP contribution in [0.15, 0.2) is 12.2 Å². The maximum Gasteiger partial charge on any atom is 0.0594 e. The summed E-state index contributed by atoms with van der Waals surface area (Å²) in [6.07, 6.45) is 3.42. The molecule has 0 spiro atoms. The number of nitrogens with zero attached hydrogens (tertiary/aromatic N) is 1. The van der Waals surface area contributed by atoms with Gasteiger partial charge in [0.05, 0.1) is 13.2 Å². The fourth-order valence-electron chi connectivity index (χ4n) is 2.92. The Hall–Kier alpha value is -0.380. The summed E-state index contributed by atoms with van der Waals surface area (Å²) in [5.41, 5.74) is 1.49. The van der Waals surface area contributed by atoms with E-state index in [4.69, 9.17) is 4.74 Å². The fraction of sp³-hybridized carbons (Fsp3) is 0.867. The highest BCUT2D eigenvalue weighted by Gasteiger charge is 2.37. The molecule has 18 heavy (non-hydrogen) atoms. The van der Waals surface area contributed by atoms with Crippen LogP contribution in [0.25, 0.3) is 0 Å². The molecule has 0 aromatic carbocycles. The lowest BCUT2D eigenvalue weighted by molar-refractivity contribution is -0.0323. The molecule has 106 valence electrons. The van der Waals surface area contributed by atoms with Crippen LogP contribution in [0, 0.1) is 0 Å². The summed E-state index contributed by atoms with van der Waals surface area (Å²) in [4.78, 5) is 2.59. The van der Waals surface area contributed by atoms with E-state index in [-0.39, 0.29) is 5.54 Å². The second kappa shape index (κ2) is 7.27. The molecule has 0 aromatic rings. The van der Waals surface area contributed by atoms with Gasteiger partial charge in [0.2, 0.25) is 0 Å². The van der Waals surface area contributed by atoms with E-state index in [1.165, 1.54) is 5.57 Å². The average Bonchev–Trinajstić information content (AvgIpc) is 2.39. The van der Waals surface area contributed by atoms with Crippen molar-refractivity contribution in [3.05, 3.63) is 12.2 Å². The predicted molar refractivity (Wildman–Crippen MR) is 78.0 cm³/mol. The second-order valence-electron chi connectivity index (χ2n) is 5.65. The number of nitrogens with one attached hydrogen (secondary N) is 1. The number of hydrogen-bond acceptors (Lipinski definition) is 3. The lowest BCUT2D eigenvalue weighted by atomic mass is 9.83. The highest BCUT2D eigenvalue weighted by atomic mass is 16.5. The zero-order valence-corrected chi connectivity index (χ0v) is 12.6. The maximum absolute atomic E-state index is 5.47. The Bertz CT molecular complexity index is 261. The van der Waals surface area contributed by atoms with Crippen molar-refractivity contribution in [2.75, 3.05) is 33.4 Å². The molecular formula is C15H30N2O. The van der Waals surface area contributed by atoms with E-state index in [9.17, 15) is 0 Å². The fourth-order valence-corrected chi connectivity index (χ4v) is 2.92. The van der Waals surface area contributed by atoms with Crippen LogP contribution in [0.1, 0.15) is 40.0 Å². The summed E-state index contributed by atoms with van der Waals surface area (Å²) < 4.78 is 5.47. The third kappa shape index (κ3) is 3.81. The van der Waals surface area contributed by atoms with Gasteiger partial charge in [-0.2, -0.15) is 0 Å². The van der Waals surface area contributed by atoms with E-state index in [0.717, 1.165) is 45.6 Å². The lowest BCUT2D eigenvalue weighted by Gasteiger charge is -2.48. The zero-order valence-electron chi connectivity index (χ0n) is 12.6.